The topological polar surface area (TPSA) is 97.5 Å². The van der Waals surface area contributed by atoms with E-state index in [0.717, 1.165) is 25.0 Å². The van der Waals surface area contributed by atoms with Gasteiger partial charge in [0.25, 0.3) is 5.56 Å². The van der Waals surface area contributed by atoms with Crippen molar-refractivity contribution in [1.29, 1.82) is 0 Å². The number of nitrogens with zero attached hydrogens (tertiary/aromatic N) is 4. The van der Waals surface area contributed by atoms with Crippen molar-refractivity contribution in [3.63, 3.8) is 0 Å². The second kappa shape index (κ2) is 9.40. The molecule has 1 aliphatic rings. The van der Waals surface area contributed by atoms with Gasteiger partial charge in [-0.25, -0.2) is 9.78 Å². The quantitative estimate of drug-likeness (QED) is 0.536. The maximum atomic E-state index is 13.0. The molecule has 0 saturated carbocycles. The second-order valence-corrected chi connectivity index (χ2v) is 7.60. The van der Waals surface area contributed by atoms with Crippen molar-refractivity contribution in [3.8, 4) is 11.5 Å². The van der Waals surface area contributed by atoms with Crippen molar-refractivity contribution in [3.05, 3.63) is 57.1 Å². The van der Waals surface area contributed by atoms with E-state index in [9.17, 15) is 9.59 Å². The first-order valence-corrected chi connectivity index (χ1v) is 10.5. The summed E-state index contributed by atoms with van der Waals surface area (Å²) in [5, 5.41) is 0.316. The van der Waals surface area contributed by atoms with Crippen molar-refractivity contribution in [2.75, 3.05) is 13.2 Å². The minimum absolute atomic E-state index is 0.190. The van der Waals surface area contributed by atoms with Gasteiger partial charge < -0.3 is 14.2 Å². The first-order valence-electron chi connectivity index (χ1n) is 10.5. The minimum Gasteiger partial charge on any atom is -0.454 e. The largest absolute Gasteiger partial charge is 0.454 e. The van der Waals surface area contributed by atoms with Crippen molar-refractivity contribution >= 4 is 11.0 Å². The van der Waals surface area contributed by atoms with Gasteiger partial charge in [0.2, 0.25) is 0 Å². The zero-order valence-corrected chi connectivity index (χ0v) is 17.7. The average Bonchev–Trinajstić information content (AvgIpc) is 2.79. The van der Waals surface area contributed by atoms with Crippen molar-refractivity contribution in [2.45, 2.75) is 45.4 Å². The van der Waals surface area contributed by atoms with Crippen LogP contribution in [0.3, 0.4) is 0 Å². The molecule has 1 fully saturated rings. The van der Waals surface area contributed by atoms with E-state index in [0.29, 0.717) is 42.2 Å². The van der Waals surface area contributed by atoms with Crippen LogP contribution in [0.2, 0.25) is 0 Å². The van der Waals surface area contributed by atoms with Crippen LogP contribution in [0.1, 0.15) is 31.4 Å². The van der Waals surface area contributed by atoms with E-state index in [2.05, 4.69) is 9.97 Å². The SMILES string of the molecule is Cc1ccc(Oc2cnc3c(c2)c(=O)n(CCCOC2CCCCO2)c(=O)n3C)cn1. The van der Waals surface area contributed by atoms with Crippen LogP contribution in [0.5, 0.6) is 11.5 Å². The van der Waals surface area contributed by atoms with Gasteiger partial charge >= 0.3 is 5.69 Å². The van der Waals surface area contributed by atoms with E-state index in [1.807, 2.05) is 13.0 Å². The molecule has 3 aromatic rings. The molecule has 0 N–H and O–H groups in total. The Morgan fingerprint density at radius 2 is 2.00 bits per heavy atom. The van der Waals surface area contributed by atoms with Gasteiger partial charge in [-0.15, -0.1) is 0 Å². The summed E-state index contributed by atoms with van der Waals surface area (Å²) in [5.74, 6) is 0.942. The second-order valence-electron chi connectivity index (χ2n) is 7.60. The molecule has 1 saturated heterocycles. The predicted molar refractivity (Wildman–Crippen MR) is 114 cm³/mol. The molecule has 4 heterocycles. The monoisotopic (exact) mass is 426 g/mol. The van der Waals surface area contributed by atoms with Crippen LogP contribution in [-0.2, 0) is 23.1 Å². The molecule has 0 aliphatic carbocycles. The summed E-state index contributed by atoms with van der Waals surface area (Å²) in [6, 6.07) is 5.23. The molecule has 164 valence electrons. The lowest BCUT2D eigenvalue weighted by molar-refractivity contribution is -0.163. The number of aromatic nitrogens is 4. The third-order valence-corrected chi connectivity index (χ3v) is 5.24. The summed E-state index contributed by atoms with van der Waals surface area (Å²) in [6.07, 6.45) is 6.46. The molecule has 1 atom stereocenters. The smallest absolute Gasteiger partial charge is 0.332 e. The molecular weight excluding hydrogens is 400 g/mol. The maximum absolute atomic E-state index is 13.0. The van der Waals surface area contributed by atoms with E-state index in [1.165, 1.54) is 15.3 Å². The Morgan fingerprint density at radius 3 is 2.74 bits per heavy atom. The normalized spacial score (nSPS) is 16.5. The van der Waals surface area contributed by atoms with Crippen LogP contribution < -0.4 is 16.0 Å². The van der Waals surface area contributed by atoms with Crippen molar-refractivity contribution in [2.24, 2.45) is 7.05 Å². The molecule has 3 aromatic heterocycles. The van der Waals surface area contributed by atoms with Crippen molar-refractivity contribution in [1.82, 2.24) is 19.1 Å². The van der Waals surface area contributed by atoms with Crippen LogP contribution >= 0.6 is 0 Å². The molecule has 0 bridgehead atoms. The van der Waals surface area contributed by atoms with Gasteiger partial charge in [0.1, 0.15) is 17.1 Å². The summed E-state index contributed by atoms with van der Waals surface area (Å²) < 4.78 is 19.6. The number of fused-ring (bicyclic) bond motifs is 1. The number of hydrogen-bond acceptors (Lipinski definition) is 7. The minimum atomic E-state index is -0.407. The van der Waals surface area contributed by atoms with Crippen LogP contribution in [0.4, 0.5) is 0 Å². The third-order valence-electron chi connectivity index (χ3n) is 5.24. The molecule has 31 heavy (non-hydrogen) atoms. The molecule has 0 radical (unpaired) electrons. The summed E-state index contributed by atoms with van der Waals surface area (Å²) in [6.45, 7) is 3.27. The number of aryl methyl sites for hydroxylation is 2. The Hall–Kier alpha value is -3.04. The average molecular weight is 426 g/mol. The number of pyridine rings is 2. The molecule has 1 aliphatic heterocycles. The molecule has 0 aromatic carbocycles. The van der Waals surface area contributed by atoms with Gasteiger partial charge in [0.15, 0.2) is 6.29 Å². The first-order chi connectivity index (χ1) is 15.0. The van der Waals surface area contributed by atoms with Crippen LogP contribution in [-0.4, -0.2) is 38.6 Å². The fraction of sp³-hybridized carbons (Fsp3) is 0.455. The number of rotatable bonds is 7. The number of ether oxygens (including phenoxy) is 3. The van der Waals surface area contributed by atoms with Crippen LogP contribution in [0, 0.1) is 6.92 Å². The highest BCUT2D eigenvalue weighted by atomic mass is 16.7. The Morgan fingerprint density at radius 1 is 1.16 bits per heavy atom. The Bertz CT molecular complexity index is 1160. The fourth-order valence-electron chi connectivity index (χ4n) is 3.55. The summed E-state index contributed by atoms with van der Waals surface area (Å²) in [5.41, 5.74) is 0.385. The Labute approximate surface area is 179 Å². The highest BCUT2D eigenvalue weighted by Crippen LogP contribution is 2.22. The zero-order valence-electron chi connectivity index (χ0n) is 17.7. The molecule has 4 rings (SSSR count). The van der Waals surface area contributed by atoms with E-state index in [1.54, 1.807) is 25.4 Å². The predicted octanol–water partition coefficient (Wildman–Crippen LogP) is 2.52. The highest BCUT2D eigenvalue weighted by molar-refractivity contribution is 5.75. The van der Waals surface area contributed by atoms with E-state index in [-0.39, 0.29) is 12.8 Å². The van der Waals surface area contributed by atoms with Crippen LogP contribution in [0.15, 0.2) is 40.2 Å². The van der Waals surface area contributed by atoms with E-state index in [4.69, 9.17) is 14.2 Å². The van der Waals surface area contributed by atoms with E-state index >= 15 is 0 Å². The van der Waals surface area contributed by atoms with Crippen LogP contribution in [0.25, 0.3) is 11.0 Å². The standard InChI is InChI=1S/C22H26N4O5/c1-15-7-8-16(13-23-15)31-17-12-18-20(24-14-17)25(2)22(28)26(21(18)27)9-5-11-30-19-6-3-4-10-29-19/h7-8,12-14,19H,3-6,9-11H2,1-2H3. The summed E-state index contributed by atoms with van der Waals surface area (Å²) in [7, 11) is 1.60. The lowest BCUT2D eigenvalue weighted by atomic mass is 10.2. The van der Waals surface area contributed by atoms with Gasteiger partial charge in [-0.3, -0.25) is 18.9 Å². The molecule has 9 nitrogen and oxygen atoms in total. The highest BCUT2D eigenvalue weighted by Gasteiger charge is 2.15. The molecule has 0 amide bonds. The van der Waals surface area contributed by atoms with Gasteiger partial charge in [0, 0.05) is 25.9 Å². The van der Waals surface area contributed by atoms with Gasteiger partial charge in [-0.2, -0.15) is 0 Å². The molecule has 1 unspecified atom stereocenters. The van der Waals surface area contributed by atoms with E-state index < -0.39 is 11.2 Å². The summed E-state index contributed by atoms with van der Waals surface area (Å²) >= 11 is 0. The van der Waals surface area contributed by atoms with Gasteiger partial charge in [0.05, 0.1) is 24.4 Å². The third kappa shape index (κ3) is 4.83. The van der Waals surface area contributed by atoms with Gasteiger partial charge in [-0.05, 0) is 50.8 Å². The molecular formula is C22H26N4O5. The van der Waals surface area contributed by atoms with Gasteiger partial charge in [-0.1, -0.05) is 0 Å². The van der Waals surface area contributed by atoms with Crippen molar-refractivity contribution < 1.29 is 14.2 Å². The first kappa shape index (κ1) is 21.2. The lowest BCUT2D eigenvalue weighted by Crippen LogP contribution is -2.39. The molecule has 9 heteroatoms. The fourth-order valence-corrected chi connectivity index (χ4v) is 3.55. The lowest BCUT2D eigenvalue weighted by Gasteiger charge is -2.22. The number of hydrogen-bond donors (Lipinski definition) is 0. The Balaban J connectivity index is 1.53. The summed E-state index contributed by atoms with van der Waals surface area (Å²) in [4.78, 5) is 34.2. The zero-order chi connectivity index (χ0) is 21.8. The Kier molecular flexibility index (Phi) is 6.43. The maximum Gasteiger partial charge on any atom is 0.332 e. The molecule has 0 spiro atoms.